The molecule has 4 heteroatoms. The molecule has 0 heterocycles. The monoisotopic (exact) mass is 294 g/mol. The molecule has 0 aromatic heterocycles. The molecule has 1 aliphatic carbocycles. The van der Waals surface area contributed by atoms with Crippen LogP contribution in [0.4, 0.5) is 0 Å². The second-order valence-electron chi connectivity index (χ2n) is 6.14. The lowest BCUT2D eigenvalue weighted by Crippen LogP contribution is -2.51. The van der Waals surface area contributed by atoms with E-state index in [1.54, 1.807) is 0 Å². The van der Waals surface area contributed by atoms with E-state index in [-0.39, 0.29) is 17.5 Å². The van der Waals surface area contributed by atoms with E-state index in [4.69, 9.17) is 17.3 Å². The zero-order valence-corrected chi connectivity index (χ0v) is 13.0. The zero-order valence-electron chi connectivity index (χ0n) is 12.2. The van der Waals surface area contributed by atoms with Gasteiger partial charge in [-0.1, -0.05) is 23.7 Å². The number of hydrogen-bond donors (Lipinski definition) is 1. The van der Waals surface area contributed by atoms with E-state index in [9.17, 15) is 4.79 Å². The van der Waals surface area contributed by atoms with E-state index in [0.717, 1.165) is 24.8 Å². The average Bonchev–Trinajstić information content (AvgIpc) is 2.33. The van der Waals surface area contributed by atoms with Gasteiger partial charge in [0.25, 0.3) is 0 Å². The number of hydrogen-bond acceptors (Lipinski definition) is 2. The van der Waals surface area contributed by atoms with Crippen molar-refractivity contribution in [3.8, 4) is 0 Å². The maximum Gasteiger partial charge on any atom is 0.224 e. The van der Waals surface area contributed by atoms with E-state index in [0.29, 0.717) is 18.0 Å². The molecule has 3 nitrogen and oxygen atoms in total. The van der Waals surface area contributed by atoms with Crippen LogP contribution < -0.4 is 5.73 Å². The van der Waals surface area contributed by atoms with Crippen LogP contribution in [0.3, 0.4) is 0 Å². The number of rotatable bonds is 5. The molecule has 1 aliphatic rings. The molecular formula is C16H23ClN2O. The quantitative estimate of drug-likeness (QED) is 0.905. The third-order valence-electron chi connectivity index (χ3n) is 4.04. The highest BCUT2D eigenvalue weighted by atomic mass is 35.5. The van der Waals surface area contributed by atoms with Gasteiger partial charge in [0, 0.05) is 29.6 Å². The van der Waals surface area contributed by atoms with Crippen molar-refractivity contribution in [1.29, 1.82) is 0 Å². The van der Waals surface area contributed by atoms with Gasteiger partial charge in [-0.2, -0.15) is 0 Å². The zero-order chi connectivity index (χ0) is 14.8. The maximum absolute atomic E-state index is 12.5. The number of amides is 1. The summed E-state index contributed by atoms with van der Waals surface area (Å²) < 4.78 is 0. The van der Waals surface area contributed by atoms with Crippen LogP contribution in [-0.4, -0.2) is 22.4 Å². The number of halogens is 1. The molecule has 0 spiro atoms. The molecule has 0 aliphatic heterocycles. The lowest BCUT2D eigenvalue weighted by atomic mass is 9.75. The Morgan fingerprint density at radius 2 is 2.15 bits per heavy atom. The van der Waals surface area contributed by atoms with Gasteiger partial charge in [0.2, 0.25) is 5.91 Å². The van der Waals surface area contributed by atoms with Gasteiger partial charge in [-0.15, -0.1) is 0 Å². The average molecular weight is 295 g/mol. The summed E-state index contributed by atoms with van der Waals surface area (Å²) >= 11 is 6.00. The van der Waals surface area contributed by atoms with Crippen LogP contribution in [0.25, 0.3) is 0 Å². The second kappa shape index (κ2) is 6.15. The summed E-state index contributed by atoms with van der Waals surface area (Å²) in [4.78, 5) is 14.4. The van der Waals surface area contributed by atoms with E-state index in [2.05, 4.69) is 0 Å². The Morgan fingerprint density at radius 1 is 1.45 bits per heavy atom. The highest BCUT2D eigenvalue weighted by Gasteiger charge is 2.36. The molecule has 1 saturated carbocycles. The lowest BCUT2D eigenvalue weighted by molar-refractivity contribution is -0.135. The van der Waals surface area contributed by atoms with Gasteiger partial charge in [0.15, 0.2) is 0 Å². The molecule has 0 bridgehead atoms. The van der Waals surface area contributed by atoms with Crippen molar-refractivity contribution < 1.29 is 4.79 Å². The molecule has 0 atom stereocenters. The van der Waals surface area contributed by atoms with E-state index in [1.807, 2.05) is 43.0 Å². The van der Waals surface area contributed by atoms with Crippen molar-refractivity contribution in [1.82, 2.24) is 4.90 Å². The van der Waals surface area contributed by atoms with Crippen LogP contribution in [0.5, 0.6) is 0 Å². The summed E-state index contributed by atoms with van der Waals surface area (Å²) in [5.41, 5.74) is 6.98. The topological polar surface area (TPSA) is 46.3 Å². The summed E-state index contributed by atoms with van der Waals surface area (Å²) in [5.74, 6) is 0.141. The van der Waals surface area contributed by atoms with Crippen molar-refractivity contribution in [2.45, 2.75) is 57.7 Å². The van der Waals surface area contributed by atoms with Gasteiger partial charge >= 0.3 is 0 Å². The van der Waals surface area contributed by atoms with Crippen LogP contribution in [0.15, 0.2) is 24.3 Å². The summed E-state index contributed by atoms with van der Waals surface area (Å²) in [5, 5.41) is 0.702. The minimum Gasteiger partial charge on any atom is -0.336 e. The van der Waals surface area contributed by atoms with Gasteiger partial charge in [0.1, 0.15) is 0 Å². The van der Waals surface area contributed by atoms with Gasteiger partial charge in [0.05, 0.1) is 0 Å². The Morgan fingerprint density at radius 3 is 2.65 bits per heavy atom. The van der Waals surface area contributed by atoms with E-state index < -0.39 is 0 Å². The Labute approximate surface area is 126 Å². The molecule has 20 heavy (non-hydrogen) atoms. The first kappa shape index (κ1) is 15.3. The minimum atomic E-state index is -0.265. The fourth-order valence-corrected chi connectivity index (χ4v) is 2.81. The Hall–Kier alpha value is -1.06. The Bertz CT molecular complexity index is 483. The molecular weight excluding hydrogens is 272 g/mol. The fourth-order valence-electron chi connectivity index (χ4n) is 2.60. The van der Waals surface area contributed by atoms with Crippen LogP contribution in [-0.2, 0) is 11.3 Å². The summed E-state index contributed by atoms with van der Waals surface area (Å²) in [7, 11) is 0. The summed E-state index contributed by atoms with van der Waals surface area (Å²) in [6.07, 6.45) is 3.51. The third-order valence-corrected chi connectivity index (χ3v) is 4.27. The van der Waals surface area contributed by atoms with Gasteiger partial charge in [-0.25, -0.2) is 0 Å². The fraction of sp³-hybridized carbons (Fsp3) is 0.562. The van der Waals surface area contributed by atoms with Crippen LogP contribution in [0, 0.1) is 0 Å². The first-order valence-corrected chi connectivity index (χ1v) is 7.60. The highest BCUT2D eigenvalue weighted by Crippen LogP contribution is 2.33. The number of carbonyl (C=O) groups excluding carboxylic acids is 1. The number of nitrogens with two attached hydrogens (primary N) is 1. The first-order chi connectivity index (χ1) is 9.39. The SMILES string of the molecule is CC(C)N(Cc1cccc(Cl)c1)C(=O)CC1(N)CCC1. The predicted octanol–water partition coefficient (Wildman–Crippen LogP) is 3.35. The standard InChI is InChI=1S/C16H23ClN2O/c1-12(2)19(11-13-5-3-6-14(17)9-13)15(20)10-16(18)7-4-8-16/h3,5-6,9,12H,4,7-8,10-11,18H2,1-2H3. The van der Waals surface area contributed by atoms with Crippen molar-refractivity contribution in [2.24, 2.45) is 5.73 Å². The smallest absolute Gasteiger partial charge is 0.224 e. The molecule has 2 N–H and O–H groups in total. The summed E-state index contributed by atoms with van der Waals surface area (Å²) in [6, 6.07) is 7.82. The number of benzene rings is 1. The Balaban J connectivity index is 2.04. The van der Waals surface area contributed by atoms with Crippen LogP contribution in [0.1, 0.15) is 45.1 Å². The molecule has 2 rings (SSSR count). The highest BCUT2D eigenvalue weighted by molar-refractivity contribution is 6.30. The molecule has 110 valence electrons. The normalized spacial score (nSPS) is 16.9. The largest absolute Gasteiger partial charge is 0.336 e. The van der Waals surface area contributed by atoms with E-state index >= 15 is 0 Å². The summed E-state index contributed by atoms with van der Waals surface area (Å²) in [6.45, 7) is 4.66. The van der Waals surface area contributed by atoms with Crippen molar-refractivity contribution >= 4 is 17.5 Å². The minimum absolute atomic E-state index is 0.141. The lowest BCUT2D eigenvalue weighted by Gasteiger charge is -2.39. The van der Waals surface area contributed by atoms with Crippen molar-refractivity contribution in [3.63, 3.8) is 0 Å². The van der Waals surface area contributed by atoms with Crippen molar-refractivity contribution in [3.05, 3.63) is 34.9 Å². The molecule has 1 aromatic carbocycles. The molecule has 0 radical (unpaired) electrons. The molecule has 1 amide bonds. The van der Waals surface area contributed by atoms with Crippen molar-refractivity contribution in [2.75, 3.05) is 0 Å². The van der Waals surface area contributed by atoms with Gasteiger partial charge in [-0.05, 0) is 50.8 Å². The predicted molar refractivity (Wildman–Crippen MR) is 82.5 cm³/mol. The molecule has 0 unspecified atom stereocenters. The van der Waals surface area contributed by atoms with Crippen LogP contribution in [0.2, 0.25) is 5.02 Å². The molecule has 0 saturated heterocycles. The molecule has 1 aromatic rings. The maximum atomic E-state index is 12.5. The number of carbonyl (C=O) groups is 1. The Kier molecular flexibility index (Phi) is 4.71. The number of nitrogens with zero attached hydrogens (tertiary/aromatic N) is 1. The third kappa shape index (κ3) is 3.74. The van der Waals surface area contributed by atoms with Gasteiger partial charge < -0.3 is 10.6 Å². The first-order valence-electron chi connectivity index (χ1n) is 7.22. The molecule has 1 fully saturated rings. The van der Waals surface area contributed by atoms with E-state index in [1.165, 1.54) is 0 Å². The van der Waals surface area contributed by atoms with Gasteiger partial charge in [-0.3, -0.25) is 4.79 Å². The van der Waals surface area contributed by atoms with Crippen LogP contribution >= 0.6 is 11.6 Å². The second-order valence-corrected chi connectivity index (χ2v) is 6.57.